The summed E-state index contributed by atoms with van der Waals surface area (Å²) in [6, 6.07) is 7.24. The number of aromatic nitrogens is 1. The van der Waals surface area contributed by atoms with E-state index in [1.54, 1.807) is 31.5 Å². The van der Waals surface area contributed by atoms with E-state index in [1.807, 2.05) is 19.1 Å². The molecule has 0 spiro atoms. The lowest BCUT2D eigenvalue weighted by molar-refractivity contribution is -0.385. The summed E-state index contributed by atoms with van der Waals surface area (Å²) < 4.78 is 0. The Morgan fingerprint density at radius 2 is 2.05 bits per heavy atom. The summed E-state index contributed by atoms with van der Waals surface area (Å²) in [5, 5.41) is 14.1. The molecule has 5 nitrogen and oxygen atoms in total. The maximum absolute atomic E-state index is 10.9. The zero-order valence-electron chi connectivity index (χ0n) is 10.9. The van der Waals surface area contributed by atoms with E-state index in [0.29, 0.717) is 12.1 Å². The first kappa shape index (κ1) is 13.0. The van der Waals surface area contributed by atoms with Crippen molar-refractivity contribution in [2.75, 3.05) is 5.32 Å². The fourth-order valence-electron chi connectivity index (χ4n) is 1.82. The smallest absolute Gasteiger partial charge is 0.272 e. The normalized spacial score (nSPS) is 10.2. The van der Waals surface area contributed by atoms with Gasteiger partial charge in [0.2, 0.25) is 0 Å². The van der Waals surface area contributed by atoms with Crippen molar-refractivity contribution in [3.8, 4) is 0 Å². The third kappa shape index (κ3) is 3.28. The van der Waals surface area contributed by atoms with E-state index in [0.717, 1.165) is 16.8 Å². The molecule has 19 heavy (non-hydrogen) atoms. The summed E-state index contributed by atoms with van der Waals surface area (Å²) in [5.74, 6) is 0. The minimum atomic E-state index is -0.354. The highest BCUT2D eigenvalue weighted by Crippen LogP contribution is 2.20. The van der Waals surface area contributed by atoms with E-state index in [9.17, 15) is 10.1 Å². The minimum Gasteiger partial charge on any atom is -0.380 e. The molecule has 2 rings (SSSR count). The lowest BCUT2D eigenvalue weighted by atomic mass is 10.1. The van der Waals surface area contributed by atoms with Crippen molar-refractivity contribution >= 4 is 11.4 Å². The Balaban J connectivity index is 2.12. The van der Waals surface area contributed by atoms with Crippen LogP contribution in [0.25, 0.3) is 0 Å². The van der Waals surface area contributed by atoms with Crippen molar-refractivity contribution in [3.63, 3.8) is 0 Å². The number of hydrogen-bond acceptors (Lipinski definition) is 4. The highest BCUT2D eigenvalue weighted by atomic mass is 16.6. The van der Waals surface area contributed by atoms with E-state index in [1.165, 1.54) is 0 Å². The van der Waals surface area contributed by atoms with Crippen molar-refractivity contribution in [2.24, 2.45) is 0 Å². The van der Waals surface area contributed by atoms with Crippen LogP contribution in [-0.2, 0) is 6.54 Å². The molecule has 0 aliphatic carbocycles. The maximum Gasteiger partial charge on any atom is 0.272 e. The first-order chi connectivity index (χ1) is 9.06. The van der Waals surface area contributed by atoms with Crippen molar-refractivity contribution in [2.45, 2.75) is 20.4 Å². The fraction of sp³-hybridized carbons (Fsp3) is 0.214. The second kappa shape index (κ2) is 5.48. The topological polar surface area (TPSA) is 68.1 Å². The lowest BCUT2D eigenvalue weighted by Crippen LogP contribution is -2.01. The number of pyridine rings is 1. The Bertz CT molecular complexity index is 611. The van der Waals surface area contributed by atoms with Gasteiger partial charge in [0.25, 0.3) is 5.69 Å². The number of nitrogens with zero attached hydrogens (tertiary/aromatic N) is 2. The molecule has 0 bridgehead atoms. The van der Waals surface area contributed by atoms with Crippen LogP contribution in [0.5, 0.6) is 0 Å². The standard InChI is InChI=1S/C14H15N3O2/c1-10-5-13(9-15-7-10)16-8-12-4-3-11(2)14(6-12)17(18)19/h3-7,9,16H,8H2,1-2H3. The van der Waals surface area contributed by atoms with E-state index >= 15 is 0 Å². The number of nitrogens with one attached hydrogen (secondary N) is 1. The van der Waals surface area contributed by atoms with E-state index in [2.05, 4.69) is 10.3 Å². The van der Waals surface area contributed by atoms with Crippen molar-refractivity contribution < 1.29 is 4.92 Å². The molecule has 1 heterocycles. The molecule has 0 atom stereocenters. The Morgan fingerprint density at radius 1 is 1.26 bits per heavy atom. The number of anilines is 1. The van der Waals surface area contributed by atoms with Gasteiger partial charge in [-0.3, -0.25) is 15.1 Å². The van der Waals surface area contributed by atoms with Crippen LogP contribution < -0.4 is 5.32 Å². The van der Waals surface area contributed by atoms with Gasteiger partial charge >= 0.3 is 0 Å². The van der Waals surface area contributed by atoms with Crippen molar-refractivity contribution in [1.29, 1.82) is 0 Å². The van der Waals surface area contributed by atoms with Gasteiger partial charge in [0.1, 0.15) is 0 Å². The Hall–Kier alpha value is -2.43. The van der Waals surface area contributed by atoms with Crippen LogP contribution >= 0.6 is 0 Å². The van der Waals surface area contributed by atoms with Crippen LogP contribution in [0.1, 0.15) is 16.7 Å². The zero-order chi connectivity index (χ0) is 13.8. The molecule has 0 unspecified atom stereocenters. The summed E-state index contributed by atoms with van der Waals surface area (Å²) in [5.41, 5.74) is 3.68. The summed E-state index contributed by atoms with van der Waals surface area (Å²) in [7, 11) is 0. The predicted molar refractivity (Wildman–Crippen MR) is 74.1 cm³/mol. The number of nitro benzene ring substituents is 1. The van der Waals surface area contributed by atoms with E-state index < -0.39 is 0 Å². The third-order valence-corrected chi connectivity index (χ3v) is 2.84. The molecule has 0 saturated carbocycles. The second-order valence-electron chi connectivity index (χ2n) is 4.48. The first-order valence-electron chi connectivity index (χ1n) is 5.95. The Labute approximate surface area is 111 Å². The van der Waals surface area contributed by atoms with Gasteiger partial charge in [0, 0.05) is 30.6 Å². The zero-order valence-corrected chi connectivity index (χ0v) is 10.9. The van der Waals surface area contributed by atoms with Gasteiger partial charge in [-0.25, -0.2) is 0 Å². The van der Waals surface area contributed by atoms with E-state index in [-0.39, 0.29) is 10.6 Å². The molecule has 98 valence electrons. The quantitative estimate of drug-likeness (QED) is 0.674. The van der Waals surface area contributed by atoms with Gasteiger partial charge in [-0.15, -0.1) is 0 Å². The third-order valence-electron chi connectivity index (χ3n) is 2.84. The number of benzene rings is 1. The van der Waals surface area contributed by atoms with Crippen LogP contribution in [0.2, 0.25) is 0 Å². The van der Waals surface area contributed by atoms with Crippen LogP contribution in [-0.4, -0.2) is 9.91 Å². The van der Waals surface area contributed by atoms with Crippen molar-refractivity contribution in [3.05, 3.63) is 63.5 Å². The minimum absolute atomic E-state index is 0.154. The summed E-state index contributed by atoms with van der Waals surface area (Å²) >= 11 is 0. The summed E-state index contributed by atoms with van der Waals surface area (Å²) in [6.07, 6.45) is 3.51. The number of rotatable bonds is 4. The van der Waals surface area contributed by atoms with Crippen LogP contribution in [0.4, 0.5) is 11.4 Å². The van der Waals surface area contributed by atoms with Crippen LogP contribution in [0, 0.1) is 24.0 Å². The monoisotopic (exact) mass is 257 g/mol. The highest BCUT2D eigenvalue weighted by molar-refractivity contribution is 5.46. The fourth-order valence-corrected chi connectivity index (χ4v) is 1.82. The summed E-state index contributed by atoms with van der Waals surface area (Å²) in [4.78, 5) is 14.6. The second-order valence-corrected chi connectivity index (χ2v) is 4.48. The number of hydrogen-bond donors (Lipinski definition) is 1. The number of nitro groups is 1. The molecule has 5 heteroatoms. The summed E-state index contributed by atoms with van der Waals surface area (Å²) in [6.45, 7) is 4.24. The van der Waals surface area contributed by atoms with Gasteiger partial charge in [0.05, 0.1) is 10.6 Å². The molecular formula is C14H15N3O2. The van der Waals surface area contributed by atoms with Gasteiger partial charge < -0.3 is 5.32 Å². The average Bonchev–Trinajstić information content (AvgIpc) is 2.37. The van der Waals surface area contributed by atoms with Gasteiger partial charge in [-0.2, -0.15) is 0 Å². The largest absolute Gasteiger partial charge is 0.380 e. The molecule has 0 aliphatic rings. The molecule has 0 aliphatic heterocycles. The molecule has 0 fully saturated rings. The maximum atomic E-state index is 10.9. The molecule has 0 amide bonds. The lowest BCUT2D eigenvalue weighted by Gasteiger charge is -2.07. The predicted octanol–water partition coefficient (Wildman–Crippen LogP) is 3.22. The van der Waals surface area contributed by atoms with Gasteiger partial charge in [-0.05, 0) is 31.0 Å². The molecular weight excluding hydrogens is 242 g/mol. The van der Waals surface area contributed by atoms with Crippen LogP contribution in [0.3, 0.4) is 0 Å². The van der Waals surface area contributed by atoms with Gasteiger partial charge in [-0.1, -0.05) is 12.1 Å². The molecule has 0 radical (unpaired) electrons. The average molecular weight is 257 g/mol. The Morgan fingerprint density at radius 3 is 2.74 bits per heavy atom. The van der Waals surface area contributed by atoms with Crippen LogP contribution in [0.15, 0.2) is 36.7 Å². The first-order valence-corrected chi connectivity index (χ1v) is 5.95. The molecule has 1 aromatic carbocycles. The van der Waals surface area contributed by atoms with Gasteiger partial charge in [0.15, 0.2) is 0 Å². The molecule has 2 aromatic rings. The molecule has 1 aromatic heterocycles. The van der Waals surface area contributed by atoms with Crippen molar-refractivity contribution in [1.82, 2.24) is 4.98 Å². The molecule has 0 saturated heterocycles. The molecule has 1 N–H and O–H groups in total. The van der Waals surface area contributed by atoms with E-state index in [4.69, 9.17) is 0 Å². The highest BCUT2D eigenvalue weighted by Gasteiger charge is 2.10. The number of aryl methyl sites for hydroxylation is 2. The SMILES string of the molecule is Cc1cncc(NCc2ccc(C)c([N+](=O)[O-])c2)c1. The Kier molecular flexibility index (Phi) is 3.75.